The summed E-state index contributed by atoms with van der Waals surface area (Å²) in [5.41, 5.74) is 0.750. The van der Waals surface area contributed by atoms with Gasteiger partial charge >= 0.3 is 0 Å². The summed E-state index contributed by atoms with van der Waals surface area (Å²) >= 11 is 4.35. The zero-order valence-corrected chi connectivity index (χ0v) is 6.53. The summed E-state index contributed by atoms with van der Waals surface area (Å²) in [6, 6.07) is 0. The van der Waals surface area contributed by atoms with Crippen molar-refractivity contribution in [2.75, 3.05) is 13.1 Å². The van der Waals surface area contributed by atoms with E-state index in [9.17, 15) is 0 Å². The van der Waals surface area contributed by atoms with Crippen molar-refractivity contribution < 1.29 is 0 Å². The number of thiol groups is 1. The summed E-state index contributed by atoms with van der Waals surface area (Å²) < 4.78 is 2.18. The Morgan fingerprint density at radius 1 is 1.22 bits per heavy atom. The van der Waals surface area contributed by atoms with Crippen LogP contribution in [0.1, 0.15) is 25.7 Å². The summed E-state index contributed by atoms with van der Waals surface area (Å²) in [6.45, 7) is 2.45. The summed E-state index contributed by atoms with van der Waals surface area (Å²) in [5.74, 6) is 0. The average Bonchev–Trinajstić information content (AvgIpc) is 2.49. The van der Waals surface area contributed by atoms with Crippen molar-refractivity contribution in [3.05, 3.63) is 0 Å². The highest BCUT2D eigenvalue weighted by Gasteiger charge is 2.44. The Kier molecular flexibility index (Phi) is 1.27. The Bertz CT molecular complexity index is 120. The van der Waals surface area contributed by atoms with Gasteiger partial charge in [-0.15, -0.1) is 0 Å². The first kappa shape index (κ1) is 6.05. The Morgan fingerprint density at radius 2 is 2.00 bits per heavy atom. The van der Waals surface area contributed by atoms with E-state index in [1.165, 1.54) is 38.8 Å². The Hall–Kier alpha value is 0.310. The highest BCUT2D eigenvalue weighted by molar-refractivity contribution is 7.77. The van der Waals surface area contributed by atoms with Crippen molar-refractivity contribution in [2.45, 2.75) is 25.7 Å². The minimum Gasteiger partial charge on any atom is -0.253 e. The van der Waals surface area contributed by atoms with Crippen molar-refractivity contribution >= 4 is 12.8 Å². The van der Waals surface area contributed by atoms with Crippen LogP contribution in [-0.2, 0) is 0 Å². The summed E-state index contributed by atoms with van der Waals surface area (Å²) in [6.07, 6.45) is 5.75. The molecule has 9 heavy (non-hydrogen) atoms. The zero-order valence-electron chi connectivity index (χ0n) is 5.64. The lowest BCUT2D eigenvalue weighted by Gasteiger charge is -2.28. The zero-order chi connectivity index (χ0) is 6.32. The van der Waals surface area contributed by atoms with Gasteiger partial charge in [-0.3, -0.25) is 4.31 Å². The van der Waals surface area contributed by atoms with E-state index in [0.717, 1.165) is 5.41 Å². The molecule has 1 nitrogen and oxygen atoms in total. The highest BCUT2D eigenvalue weighted by atomic mass is 32.1. The van der Waals surface area contributed by atoms with Crippen LogP contribution in [0, 0.1) is 5.41 Å². The van der Waals surface area contributed by atoms with Gasteiger partial charge in [0.05, 0.1) is 0 Å². The molecule has 1 aliphatic heterocycles. The smallest absolute Gasteiger partial charge is 0.0144 e. The lowest BCUT2D eigenvalue weighted by atomic mass is 9.97. The topological polar surface area (TPSA) is 3.24 Å². The predicted octanol–water partition coefficient (Wildman–Crippen LogP) is 1.71. The molecule has 2 aliphatic rings. The first-order valence-electron chi connectivity index (χ1n) is 3.75. The lowest BCUT2D eigenvalue weighted by molar-refractivity contribution is 0.269. The first-order chi connectivity index (χ1) is 4.31. The molecule has 0 unspecified atom stereocenters. The molecule has 2 fully saturated rings. The van der Waals surface area contributed by atoms with Crippen molar-refractivity contribution in [3.63, 3.8) is 0 Å². The summed E-state index contributed by atoms with van der Waals surface area (Å²) in [4.78, 5) is 0. The second-order valence-corrected chi connectivity index (χ2v) is 4.06. The molecule has 1 spiro atoms. The molecule has 0 atom stereocenters. The number of hydrogen-bond donors (Lipinski definition) is 1. The van der Waals surface area contributed by atoms with Crippen molar-refractivity contribution in [3.8, 4) is 0 Å². The summed E-state index contributed by atoms with van der Waals surface area (Å²) in [7, 11) is 0. The van der Waals surface area contributed by atoms with Gasteiger partial charge in [0.2, 0.25) is 0 Å². The van der Waals surface area contributed by atoms with Gasteiger partial charge in [0, 0.05) is 13.1 Å². The predicted molar refractivity (Wildman–Crippen MR) is 41.5 cm³/mol. The van der Waals surface area contributed by atoms with E-state index in [1.807, 2.05) is 0 Å². The van der Waals surface area contributed by atoms with Crippen molar-refractivity contribution in [2.24, 2.45) is 5.41 Å². The molecule has 2 heteroatoms. The maximum atomic E-state index is 4.35. The van der Waals surface area contributed by atoms with E-state index >= 15 is 0 Å². The molecule has 0 radical (unpaired) electrons. The molecule has 0 aromatic rings. The molecule has 2 rings (SSSR count). The average molecular weight is 143 g/mol. The van der Waals surface area contributed by atoms with Crippen LogP contribution in [0.5, 0.6) is 0 Å². The van der Waals surface area contributed by atoms with Crippen molar-refractivity contribution in [1.82, 2.24) is 4.31 Å². The standard InChI is InChI=1S/C7H13NS/c9-8-5-1-2-7(6-8)3-4-7/h9H,1-6H2. The molecular weight excluding hydrogens is 130 g/mol. The van der Waals surface area contributed by atoms with E-state index < -0.39 is 0 Å². The van der Waals surface area contributed by atoms with Gasteiger partial charge in [-0.25, -0.2) is 0 Å². The van der Waals surface area contributed by atoms with Crippen molar-refractivity contribution in [1.29, 1.82) is 0 Å². The fraction of sp³-hybridized carbons (Fsp3) is 1.00. The van der Waals surface area contributed by atoms with Gasteiger partial charge in [0.1, 0.15) is 0 Å². The number of hydrogen-bond acceptors (Lipinski definition) is 2. The van der Waals surface area contributed by atoms with Gasteiger partial charge in [0.25, 0.3) is 0 Å². The Balaban J connectivity index is 1.96. The van der Waals surface area contributed by atoms with E-state index in [4.69, 9.17) is 0 Å². The molecule has 1 saturated carbocycles. The third-order valence-corrected chi connectivity index (χ3v) is 2.94. The molecule has 1 heterocycles. The number of nitrogens with zero attached hydrogens (tertiary/aromatic N) is 1. The van der Waals surface area contributed by atoms with Crippen LogP contribution in [0.4, 0.5) is 0 Å². The lowest BCUT2D eigenvalue weighted by Crippen LogP contribution is -2.29. The first-order valence-corrected chi connectivity index (χ1v) is 4.15. The third kappa shape index (κ3) is 1.10. The quantitative estimate of drug-likeness (QED) is 0.505. The molecular formula is C7H13NS. The molecule has 0 bridgehead atoms. The molecule has 0 N–H and O–H groups in total. The molecule has 1 saturated heterocycles. The van der Waals surface area contributed by atoms with Crippen LogP contribution in [0.25, 0.3) is 0 Å². The fourth-order valence-corrected chi connectivity index (χ4v) is 2.21. The van der Waals surface area contributed by atoms with Gasteiger partial charge in [-0.2, -0.15) is 0 Å². The van der Waals surface area contributed by atoms with Crippen LogP contribution < -0.4 is 0 Å². The summed E-state index contributed by atoms with van der Waals surface area (Å²) in [5, 5.41) is 0. The minimum atomic E-state index is 0.750. The third-order valence-electron chi connectivity index (χ3n) is 2.60. The molecule has 0 aromatic heterocycles. The van der Waals surface area contributed by atoms with E-state index in [1.54, 1.807) is 0 Å². The second-order valence-electron chi connectivity index (χ2n) is 3.49. The molecule has 1 aliphatic carbocycles. The van der Waals surface area contributed by atoms with Gasteiger partial charge in [-0.1, -0.05) is 12.8 Å². The number of rotatable bonds is 0. The van der Waals surface area contributed by atoms with Gasteiger partial charge in [0.15, 0.2) is 0 Å². The largest absolute Gasteiger partial charge is 0.253 e. The van der Waals surface area contributed by atoms with Gasteiger partial charge in [-0.05, 0) is 31.1 Å². The second kappa shape index (κ2) is 1.89. The SMILES string of the molecule is SN1CCCC2(CC2)C1. The van der Waals surface area contributed by atoms with Crippen LogP contribution in [0.15, 0.2) is 0 Å². The maximum absolute atomic E-state index is 4.35. The van der Waals surface area contributed by atoms with E-state index in [-0.39, 0.29) is 0 Å². The maximum Gasteiger partial charge on any atom is 0.0144 e. The van der Waals surface area contributed by atoms with Gasteiger partial charge < -0.3 is 0 Å². The fourth-order valence-electron chi connectivity index (χ4n) is 1.77. The molecule has 0 amide bonds. The van der Waals surface area contributed by atoms with E-state index in [0.29, 0.717) is 0 Å². The Morgan fingerprint density at radius 3 is 2.44 bits per heavy atom. The van der Waals surface area contributed by atoms with Crippen LogP contribution >= 0.6 is 12.8 Å². The van der Waals surface area contributed by atoms with E-state index in [2.05, 4.69) is 17.1 Å². The minimum absolute atomic E-state index is 0.750. The highest BCUT2D eigenvalue weighted by Crippen LogP contribution is 2.52. The number of piperidine rings is 1. The monoisotopic (exact) mass is 143 g/mol. The van der Waals surface area contributed by atoms with Crippen LogP contribution in [0.3, 0.4) is 0 Å². The van der Waals surface area contributed by atoms with Crippen LogP contribution in [0.2, 0.25) is 0 Å². The Labute approximate surface area is 62.0 Å². The molecule has 0 aromatic carbocycles. The normalized spacial score (nSPS) is 33.0. The molecule has 52 valence electrons. The van der Waals surface area contributed by atoms with Crippen LogP contribution in [-0.4, -0.2) is 17.4 Å².